The van der Waals surface area contributed by atoms with Crippen molar-refractivity contribution in [2.24, 2.45) is 23.7 Å². The summed E-state index contributed by atoms with van der Waals surface area (Å²) in [7, 11) is 1.74. The lowest BCUT2D eigenvalue weighted by Crippen LogP contribution is -2.55. The Labute approximate surface area is 332 Å². The predicted molar refractivity (Wildman–Crippen MR) is 219 cm³/mol. The van der Waals surface area contributed by atoms with E-state index in [1.807, 2.05) is 79.9 Å². The fourth-order valence-corrected chi connectivity index (χ4v) is 8.09. The number of carbonyl (C=O) groups is 4. The van der Waals surface area contributed by atoms with Gasteiger partial charge in [-0.2, -0.15) is 0 Å². The van der Waals surface area contributed by atoms with E-state index in [1.54, 1.807) is 17.5 Å². The molecule has 0 radical (unpaired) electrons. The van der Waals surface area contributed by atoms with Crippen LogP contribution in [-0.2, 0) is 38.6 Å². The Bertz CT molecular complexity index is 1580. The largest absolute Gasteiger partial charge is 0.391 e. The second kappa shape index (κ2) is 23.1. The summed E-state index contributed by atoms with van der Waals surface area (Å²) >= 11 is 1.41. The fraction of sp³-hybridized carbons (Fsp3) is 0.568. The van der Waals surface area contributed by atoms with Gasteiger partial charge < -0.3 is 26.0 Å². The Morgan fingerprint density at radius 1 is 0.891 bits per heavy atom. The van der Waals surface area contributed by atoms with Gasteiger partial charge in [0.15, 0.2) is 0 Å². The van der Waals surface area contributed by atoms with Crippen LogP contribution in [0.2, 0.25) is 0 Å². The maximum Gasteiger partial charge on any atom is 0.243 e. The van der Waals surface area contributed by atoms with Gasteiger partial charge in [-0.15, -0.1) is 11.3 Å². The first-order chi connectivity index (χ1) is 26.5. The van der Waals surface area contributed by atoms with Gasteiger partial charge in [-0.3, -0.25) is 19.2 Å². The van der Waals surface area contributed by atoms with Gasteiger partial charge in [0.25, 0.3) is 0 Å². The van der Waals surface area contributed by atoms with Crippen molar-refractivity contribution < 1.29 is 24.3 Å². The van der Waals surface area contributed by atoms with Crippen molar-refractivity contribution in [1.82, 2.24) is 25.8 Å². The van der Waals surface area contributed by atoms with Gasteiger partial charge in [0.05, 0.1) is 29.3 Å². The SMILES string of the molecule is CCCCNC(=O)[C@@H](C[C@H](O)[C@H](CC1CCCCC1)NC(=O)[C@H](Cc1cscn1)NC(=O)[C@@H](CC(=O)N(C)Cc1ccccc1)Cc1ccccc1)C(C)C. The van der Waals surface area contributed by atoms with Gasteiger partial charge >= 0.3 is 0 Å². The number of aliphatic hydroxyl groups is 1. The molecule has 1 aliphatic carbocycles. The molecule has 4 rings (SSSR count). The number of nitrogens with zero attached hydrogens (tertiary/aromatic N) is 2. The molecular formula is C44H63N5O5S. The molecule has 0 saturated heterocycles. The first-order valence-corrected chi connectivity index (χ1v) is 21.2. The number of amides is 4. The Hall–Kier alpha value is -4.09. The van der Waals surface area contributed by atoms with E-state index in [0.29, 0.717) is 37.5 Å². The zero-order chi connectivity index (χ0) is 39.6. The van der Waals surface area contributed by atoms with Crippen LogP contribution in [0.4, 0.5) is 0 Å². The summed E-state index contributed by atoms with van der Waals surface area (Å²) in [5.41, 5.74) is 4.26. The molecule has 11 heteroatoms. The number of nitrogens with one attached hydrogen (secondary N) is 3. The lowest BCUT2D eigenvalue weighted by Gasteiger charge is -2.33. The molecule has 1 fully saturated rings. The molecule has 55 heavy (non-hydrogen) atoms. The average molecular weight is 774 g/mol. The van der Waals surface area contributed by atoms with E-state index in [-0.39, 0.29) is 37.0 Å². The van der Waals surface area contributed by atoms with Crippen molar-refractivity contribution in [2.75, 3.05) is 13.6 Å². The first-order valence-electron chi connectivity index (χ1n) is 20.3. The first kappa shape index (κ1) is 43.6. The van der Waals surface area contributed by atoms with Crippen LogP contribution >= 0.6 is 11.3 Å². The number of aliphatic hydroxyl groups excluding tert-OH is 1. The van der Waals surface area contributed by atoms with E-state index in [0.717, 1.165) is 49.7 Å². The zero-order valence-electron chi connectivity index (χ0n) is 33.3. The number of hydrogen-bond acceptors (Lipinski definition) is 7. The van der Waals surface area contributed by atoms with E-state index in [1.165, 1.54) is 17.8 Å². The Morgan fingerprint density at radius 2 is 1.56 bits per heavy atom. The summed E-state index contributed by atoms with van der Waals surface area (Å²) < 4.78 is 0. The number of thiazole rings is 1. The molecule has 4 N–H and O–H groups in total. The third kappa shape index (κ3) is 14.8. The highest BCUT2D eigenvalue weighted by Crippen LogP contribution is 2.30. The molecule has 2 aromatic carbocycles. The van der Waals surface area contributed by atoms with E-state index in [9.17, 15) is 24.3 Å². The number of benzene rings is 2. The minimum Gasteiger partial charge on any atom is -0.391 e. The summed E-state index contributed by atoms with van der Waals surface area (Å²) in [4.78, 5) is 61.6. The molecule has 0 bridgehead atoms. The average Bonchev–Trinajstić information content (AvgIpc) is 3.70. The number of rotatable bonds is 22. The maximum atomic E-state index is 14.4. The minimum atomic E-state index is -0.996. The number of hydrogen-bond donors (Lipinski definition) is 4. The molecule has 4 amide bonds. The fourth-order valence-electron chi connectivity index (χ4n) is 7.52. The highest BCUT2D eigenvalue weighted by Gasteiger charge is 2.35. The van der Waals surface area contributed by atoms with Crippen LogP contribution in [-0.4, -0.2) is 70.4 Å². The smallest absolute Gasteiger partial charge is 0.243 e. The molecule has 0 aliphatic heterocycles. The number of aromatic nitrogens is 1. The van der Waals surface area contributed by atoms with Crippen LogP contribution in [0.1, 0.15) is 102 Å². The summed E-state index contributed by atoms with van der Waals surface area (Å²) in [5, 5.41) is 22.9. The molecule has 1 heterocycles. The van der Waals surface area contributed by atoms with Crippen molar-refractivity contribution in [3.05, 3.63) is 88.4 Å². The van der Waals surface area contributed by atoms with Crippen LogP contribution in [0.3, 0.4) is 0 Å². The molecular weight excluding hydrogens is 711 g/mol. The third-order valence-corrected chi connectivity index (χ3v) is 11.5. The lowest BCUT2D eigenvalue weighted by atomic mass is 9.81. The third-order valence-electron chi connectivity index (χ3n) is 10.9. The van der Waals surface area contributed by atoms with Gasteiger partial charge in [0.2, 0.25) is 23.6 Å². The molecule has 1 saturated carbocycles. The highest BCUT2D eigenvalue weighted by atomic mass is 32.1. The molecule has 1 aliphatic rings. The summed E-state index contributed by atoms with van der Waals surface area (Å²) in [6.07, 6.45) is 7.59. The number of carbonyl (C=O) groups excluding carboxylic acids is 4. The van der Waals surface area contributed by atoms with Gasteiger partial charge in [0.1, 0.15) is 6.04 Å². The van der Waals surface area contributed by atoms with Crippen LogP contribution in [0.5, 0.6) is 0 Å². The summed E-state index contributed by atoms with van der Waals surface area (Å²) in [5.74, 6) is -1.88. The molecule has 1 aromatic heterocycles. The number of unbranched alkanes of at least 4 members (excludes halogenated alkanes) is 1. The van der Waals surface area contributed by atoms with E-state index in [2.05, 4.69) is 27.9 Å². The van der Waals surface area contributed by atoms with Crippen molar-refractivity contribution >= 4 is 35.0 Å². The van der Waals surface area contributed by atoms with Crippen LogP contribution < -0.4 is 16.0 Å². The predicted octanol–water partition coefficient (Wildman–Crippen LogP) is 6.47. The van der Waals surface area contributed by atoms with Crippen LogP contribution in [0.15, 0.2) is 71.6 Å². The molecule has 0 spiro atoms. The van der Waals surface area contributed by atoms with Crippen LogP contribution in [0.25, 0.3) is 0 Å². The quantitative estimate of drug-likeness (QED) is 0.0864. The Balaban J connectivity index is 1.55. The van der Waals surface area contributed by atoms with E-state index < -0.39 is 41.8 Å². The van der Waals surface area contributed by atoms with Crippen LogP contribution in [0, 0.1) is 23.7 Å². The molecule has 300 valence electrons. The monoisotopic (exact) mass is 773 g/mol. The topological polar surface area (TPSA) is 141 Å². The lowest BCUT2D eigenvalue weighted by molar-refractivity contribution is -0.137. The van der Waals surface area contributed by atoms with Crippen molar-refractivity contribution in [1.29, 1.82) is 0 Å². The second-order valence-electron chi connectivity index (χ2n) is 15.7. The molecule has 10 nitrogen and oxygen atoms in total. The Morgan fingerprint density at radius 3 is 2.18 bits per heavy atom. The van der Waals surface area contributed by atoms with Crippen molar-refractivity contribution in [3.63, 3.8) is 0 Å². The van der Waals surface area contributed by atoms with E-state index >= 15 is 0 Å². The van der Waals surface area contributed by atoms with Gasteiger partial charge in [0, 0.05) is 44.3 Å². The maximum absolute atomic E-state index is 14.4. The van der Waals surface area contributed by atoms with E-state index in [4.69, 9.17) is 0 Å². The normalized spacial score (nSPS) is 16.0. The van der Waals surface area contributed by atoms with Gasteiger partial charge in [-0.1, -0.05) is 120 Å². The van der Waals surface area contributed by atoms with Gasteiger partial charge in [-0.05, 0) is 48.6 Å². The highest BCUT2D eigenvalue weighted by molar-refractivity contribution is 7.07. The summed E-state index contributed by atoms with van der Waals surface area (Å²) in [6, 6.07) is 17.7. The zero-order valence-corrected chi connectivity index (χ0v) is 34.1. The van der Waals surface area contributed by atoms with Crippen molar-refractivity contribution in [2.45, 2.75) is 123 Å². The second-order valence-corrected chi connectivity index (χ2v) is 16.4. The summed E-state index contributed by atoms with van der Waals surface area (Å²) in [6.45, 7) is 7.06. The molecule has 0 unspecified atom stereocenters. The van der Waals surface area contributed by atoms with Gasteiger partial charge in [-0.25, -0.2) is 4.98 Å². The Kier molecular flexibility index (Phi) is 18.3. The minimum absolute atomic E-state index is 0.00462. The molecule has 5 atom stereocenters. The van der Waals surface area contributed by atoms with Crippen molar-refractivity contribution in [3.8, 4) is 0 Å². The molecule has 3 aromatic rings. The standard InChI is InChI=1S/C44H63N5O5S/c1-5-6-22-45-43(53)37(31(2)3)27-40(50)38(24-33-18-12-8-13-19-33)47-44(54)39(26-36-29-55-30-46-36)48-42(52)35(23-32-16-10-7-11-17-32)25-41(51)49(4)28-34-20-14-9-15-21-34/h7,9-11,14-17,20-21,29-31,33,35,37-40,50H,5-6,8,12-13,18-19,22-28H2,1-4H3,(H,45,53)(H,47,54)(H,48,52)/t35-,37+,38+,39+,40+/m1/s1.